The lowest BCUT2D eigenvalue weighted by molar-refractivity contribution is -0.143. The van der Waals surface area contributed by atoms with Crippen molar-refractivity contribution < 1.29 is 13.9 Å². The number of ether oxygens (including phenoxy) is 1. The number of carbonyl (C=O) groups excluding carboxylic acids is 1. The van der Waals surface area contributed by atoms with Gasteiger partial charge in [-0.05, 0) is 25.1 Å². The minimum Gasteiger partial charge on any atom is -0.465 e. The van der Waals surface area contributed by atoms with Crippen LogP contribution in [0.2, 0.25) is 0 Å². The maximum atomic E-state index is 14.3. The summed E-state index contributed by atoms with van der Waals surface area (Å²) in [5.74, 6) is -1.12. The van der Waals surface area contributed by atoms with Gasteiger partial charge in [-0.25, -0.2) is 9.18 Å². The molecule has 0 fully saturated rings. The third-order valence-electron chi connectivity index (χ3n) is 4.01. The Morgan fingerprint density at radius 1 is 1.25 bits per heavy atom. The molecular formula is C18H15Br2FN2O4S. The molecule has 3 aromatic rings. The first-order valence-corrected chi connectivity index (χ1v) is 11.0. The summed E-state index contributed by atoms with van der Waals surface area (Å²) in [5.41, 5.74) is -1.01. The zero-order chi connectivity index (χ0) is 20.4. The first-order valence-electron chi connectivity index (χ1n) is 8.27. The van der Waals surface area contributed by atoms with Crippen LogP contribution >= 0.6 is 43.2 Å². The molecule has 0 aliphatic rings. The summed E-state index contributed by atoms with van der Waals surface area (Å²) >= 11 is 7.76. The van der Waals surface area contributed by atoms with E-state index in [1.165, 1.54) is 28.0 Å². The van der Waals surface area contributed by atoms with Gasteiger partial charge in [-0.2, -0.15) is 0 Å². The van der Waals surface area contributed by atoms with Crippen molar-refractivity contribution in [3.8, 4) is 0 Å². The molecule has 0 saturated carbocycles. The summed E-state index contributed by atoms with van der Waals surface area (Å²) in [7, 11) is 0. The third kappa shape index (κ3) is 4.13. The highest BCUT2D eigenvalue weighted by molar-refractivity contribution is 9.10. The second-order valence-electron chi connectivity index (χ2n) is 5.87. The fourth-order valence-corrected chi connectivity index (χ4v) is 4.58. The lowest BCUT2D eigenvalue weighted by Crippen LogP contribution is -2.41. The van der Waals surface area contributed by atoms with Gasteiger partial charge in [0, 0.05) is 20.2 Å². The molecule has 0 aliphatic heterocycles. The number of thiophene rings is 1. The average Bonchev–Trinajstić information content (AvgIpc) is 3.08. The van der Waals surface area contributed by atoms with Crippen LogP contribution in [0.1, 0.15) is 17.4 Å². The molecule has 0 bridgehead atoms. The van der Waals surface area contributed by atoms with Gasteiger partial charge in [0.1, 0.15) is 17.2 Å². The van der Waals surface area contributed by atoms with E-state index in [1.54, 1.807) is 19.1 Å². The van der Waals surface area contributed by atoms with Crippen molar-refractivity contribution in [1.82, 2.24) is 9.13 Å². The molecule has 0 N–H and O–H groups in total. The van der Waals surface area contributed by atoms with Crippen molar-refractivity contribution in [1.29, 1.82) is 0 Å². The number of carbonyl (C=O) groups is 1. The van der Waals surface area contributed by atoms with Gasteiger partial charge in [0.25, 0.3) is 5.56 Å². The van der Waals surface area contributed by atoms with Gasteiger partial charge in [-0.15, -0.1) is 11.3 Å². The predicted octanol–water partition coefficient (Wildman–Crippen LogP) is 3.63. The Morgan fingerprint density at radius 3 is 2.64 bits per heavy atom. The van der Waals surface area contributed by atoms with Crippen LogP contribution in [0.25, 0.3) is 10.2 Å². The lowest BCUT2D eigenvalue weighted by Gasteiger charge is -2.12. The van der Waals surface area contributed by atoms with E-state index < -0.39 is 23.0 Å². The van der Waals surface area contributed by atoms with Gasteiger partial charge in [-0.3, -0.25) is 18.7 Å². The molecular weight excluding hydrogens is 519 g/mol. The fourth-order valence-electron chi connectivity index (χ4n) is 2.75. The highest BCUT2D eigenvalue weighted by Gasteiger charge is 2.19. The SMILES string of the molecule is CCOC(=O)Cn1c(=O)n(Cc2ccc(Br)cc2F)c(=O)c2cc(CBr)sc21. The molecule has 1 aromatic carbocycles. The summed E-state index contributed by atoms with van der Waals surface area (Å²) < 4.78 is 21.9. The number of esters is 1. The van der Waals surface area contributed by atoms with Crippen LogP contribution in [0, 0.1) is 5.82 Å². The zero-order valence-corrected chi connectivity index (χ0v) is 18.7. The quantitative estimate of drug-likeness (QED) is 0.358. The lowest BCUT2D eigenvalue weighted by atomic mass is 10.2. The number of fused-ring (bicyclic) bond motifs is 1. The smallest absolute Gasteiger partial charge is 0.332 e. The van der Waals surface area contributed by atoms with Gasteiger partial charge in [0.15, 0.2) is 0 Å². The van der Waals surface area contributed by atoms with E-state index in [4.69, 9.17) is 4.74 Å². The molecule has 0 spiro atoms. The molecule has 10 heteroatoms. The first kappa shape index (κ1) is 20.9. The van der Waals surface area contributed by atoms with Crippen molar-refractivity contribution in [3.05, 3.63) is 65.8 Å². The molecule has 3 rings (SSSR count). The Hall–Kier alpha value is -1.78. The van der Waals surface area contributed by atoms with Crippen LogP contribution in [-0.4, -0.2) is 21.7 Å². The number of aromatic nitrogens is 2. The highest BCUT2D eigenvalue weighted by Crippen LogP contribution is 2.24. The van der Waals surface area contributed by atoms with E-state index in [-0.39, 0.29) is 25.3 Å². The molecule has 2 heterocycles. The molecule has 0 aliphatic carbocycles. The first-order chi connectivity index (χ1) is 13.3. The van der Waals surface area contributed by atoms with Crippen molar-refractivity contribution in [2.45, 2.75) is 25.3 Å². The van der Waals surface area contributed by atoms with Crippen molar-refractivity contribution >= 4 is 59.4 Å². The van der Waals surface area contributed by atoms with Gasteiger partial charge in [0.05, 0.1) is 18.5 Å². The number of hydrogen-bond acceptors (Lipinski definition) is 5. The van der Waals surface area contributed by atoms with Crippen molar-refractivity contribution in [2.75, 3.05) is 6.61 Å². The summed E-state index contributed by atoms with van der Waals surface area (Å²) in [6, 6.07) is 6.07. The minimum absolute atomic E-state index is 0.178. The minimum atomic E-state index is -0.684. The molecule has 0 radical (unpaired) electrons. The van der Waals surface area contributed by atoms with E-state index in [0.717, 1.165) is 9.44 Å². The standard InChI is InChI=1S/C18H15Br2FN2O4S/c1-2-27-15(24)9-23-17-13(6-12(7-19)28-17)16(25)22(18(23)26)8-10-3-4-11(20)5-14(10)21/h3-6H,2,7-9H2,1H3. The van der Waals surface area contributed by atoms with Gasteiger partial charge in [0.2, 0.25) is 0 Å². The molecule has 6 nitrogen and oxygen atoms in total. The van der Waals surface area contributed by atoms with E-state index in [1.807, 2.05) is 0 Å². The zero-order valence-electron chi connectivity index (χ0n) is 14.7. The maximum absolute atomic E-state index is 14.3. The van der Waals surface area contributed by atoms with E-state index in [0.29, 0.717) is 20.0 Å². The number of rotatable bonds is 6. The van der Waals surface area contributed by atoms with Crippen LogP contribution in [0.4, 0.5) is 4.39 Å². The molecule has 2 aromatic heterocycles. The Kier molecular flexibility index (Phi) is 6.51. The summed E-state index contributed by atoms with van der Waals surface area (Å²) in [5, 5.41) is 0.807. The molecule has 0 saturated heterocycles. The Morgan fingerprint density at radius 2 is 2.00 bits per heavy atom. The monoisotopic (exact) mass is 532 g/mol. The van der Waals surface area contributed by atoms with Crippen LogP contribution < -0.4 is 11.2 Å². The second kappa shape index (κ2) is 8.71. The Labute approximate surface area is 179 Å². The van der Waals surface area contributed by atoms with Crippen LogP contribution in [0.5, 0.6) is 0 Å². The van der Waals surface area contributed by atoms with Gasteiger partial charge < -0.3 is 4.74 Å². The third-order valence-corrected chi connectivity index (χ3v) is 6.64. The molecule has 0 atom stereocenters. The van der Waals surface area contributed by atoms with Crippen LogP contribution in [-0.2, 0) is 28.0 Å². The van der Waals surface area contributed by atoms with Gasteiger partial charge >= 0.3 is 11.7 Å². The fraction of sp³-hybridized carbons (Fsp3) is 0.278. The maximum Gasteiger partial charge on any atom is 0.332 e. The van der Waals surface area contributed by atoms with E-state index >= 15 is 0 Å². The van der Waals surface area contributed by atoms with E-state index in [2.05, 4.69) is 31.9 Å². The topological polar surface area (TPSA) is 70.3 Å². The Balaban J connectivity index is 2.20. The van der Waals surface area contributed by atoms with Gasteiger partial charge in [-0.1, -0.05) is 37.9 Å². The second-order valence-corrected chi connectivity index (χ2v) is 8.46. The van der Waals surface area contributed by atoms with Crippen LogP contribution in [0.15, 0.2) is 38.3 Å². The van der Waals surface area contributed by atoms with E-state index in [9.17, 15) is 18.8 Å². The summed E-state index contributed by atoms with van der Waals surface area (Å²) in [6.45, 7) is 1.28. The number of benzene rings is 1. The highest BCUT2D eigenvalue weighted by atomic mass is 79.9. The average molecular weight is 534 g/mol. The number of halogens is 3. The molecule has 148 valence electrons. The summed E-state index contributed by atoms with van der Waals surface area (Å²) in [6.07, 6.45) is 0. The Bertz CT molecular complexity index is 1170. The normalized spacial score (nSPS) is 11.1. The predicted molar refractivity (Wildman–Crippen MR) is 113 cm³/mol. The molecule has 0 unspecified atom stereocenters. The molecule has 0 amide bonds. The number of alkyl halides is 1. The molecule has 28 heavy (non-hydrogen) atoms. The van der Waals surface area contributed by atoms with Crippen molar-refractivity contribution in [3.63, 3.8) is 0 Å². The largest absolute Gasteiger partial charge is 0.465 e. The van der Waals surface area contributed by atoms with Crippen LogP contribution in [0.3, 0.4) is 0 Å². The number of hydrogen-bond donors (Lipinski definition) is 0. The summed E-state index contributed by atoms with van der Waals surface area (Å²) in [4.78, 5) is 39.1. The number of nitrogens with zero attached hydrogens (tertiary/aromatic N) is 2. The van der Waals surface area contributed by atoms with Crippen molar-refractivity contribution in [2.24, 2.45) is 0 Å².